The van der Waals surface area contributed by atoms with E-state index >= 15 is 0 Å². The molecule has 1 saturated heterocycles. The SMILES string of the molecule is C.O=c1[nH]c(CSC2CCS(=O)(=O)CC2)nc2cc(OCC3CCC3)cc(F)c12. The monoisotopic (exact) mass is 442 g/mol. The zero-order chi connectivity index (χ0) is 19.7. The lowest BCUT2D eigenvalue weighted by Crippen LogP contribution is -2.25. The highest BCUT2D eigenvalue weighted by molar-refractivity contribution is 7.99. The van der Waals surface area contributed by atoms with E-state index in [-0.39, 0.29) is 35.1 Å². The largest absolute Gasteiger partial charge is 0.493 e. The minimum Gasteiger partial charge on any atom is -0.493 e. The van der Waals surface area contributed by atoms with Crippen molar-refractivity contribution in [1.29, 1.82) is 0 Å². The fraction of sp³-hybridized carbons (Fsp3) is 0.600. The maximum Gasteiger partial charge on any atom is 0.261 e. The standard InChI is InChI=1S/C19H23FN2O4S2.CH4/c20-15-8-13(26-10-12-2-1-3-12)9-16-18(15)19(23)22-17(21-16)11-27-14-4-6-28(24,25)7-5-14;/h8-9,12,14H,1-7,10-11H2,(H,21,22,23);1H4. The van der Waals surface area contributed by atoms with Gasteiger partial charge in [-0.15, -0.1) is 0 Å². The van der Waals surface area contributed by atoms with E-state index in [1.807, 2.05) is 0 Å². The van der Waals surface area contributed by atoms with Crippen LogP contribution in [0.3, 0.4) is 0 Å². The zero-order valence-electron chi connectivity index (χ0n) is 15.4. The predicted octanol–water partition coefficient (Wildman–Crippen LogP) is 3.69. The number of hydrogen-bond acceptors (Lipinski definition) is 6. The summed E-state index contributed by atoms with van der Waals surface area (Å²) in [4.78, 5) is 19.4. The van der Waals surface area contributed by atoms with Crippen molar-refractivity contribution in [3.8, 4) is 5.75 Å². The minimum absolute atomic E-state index is 0. The van der Waals surface area contributed by atoms with Crippen LogP contribution in [0.1, 0.15) is 45.4 Å². The molecule has 9 heteroatoms. The van der Waals surface area contributed by atoms with Gasteiger partial charge in [0, 0.05) is 17.4 Å². The van der Waals surface area contributed by atoms with Crippen LogP contribution in [0.5, 0.6) is 5.75 Å². The molecule has 1 aromatic heterocycles. The van der Waals surface area contributed by atoms with E-state index in [0.29, 0.717) is 42.7 Å². The molecule has 1 aromatic carbocycles. The summed E-state index contributed by atoms with van der Waals surface area (Å²) in [6, 6.07) is 2.86. The van der Waals surface area contributed by atoms with Crippen LogP contribution in [0.2, 0.25) is 0 Å². The Morgan fingerprint density at radius 2 is 1.93 bits per heavy atom. The fourth-order valence-electron chi connectivity index (χ4n) is 3.50. The molecule has 160 valence electrons. The van der Waals surface area contributed by atoms with Crippen molar-refractivity contribution in [2.45, 2.75) is 50.5 Å². The first-order chi connectivity index (χ1) is 13.4. The van der Waals surface area contributed by atoms with Gasteiger partial charge in [0.15, 0.2) is 0 Å². The Morgan fingerprint density at radius 1 is 1.21 bits per heavy atom. The van der Waals surface area contributed by atoms with E-state index in [4.69, 9.17) is 4.74 Å². The van der Waals surface area contributed by atoms with Crippen LogP contribution in [0.4, 0.5) is 4.39 Å². The highest BCUT2D eigenvalue weighted by Crippen LogP contribution is 2.29. The van der Waals surface area contributed by atoms with Gasteiger partial charge in [-0.25, -0.2) is 17.8 Å². The topological polar surface area (TPSA) is 89.1 Å². The van der Waals surface area contributed by atoms with Gasteiger partial charge in [0.05, 0.1) is 29.4 Å². The van der Waals surface area contributed by atoms with Gasteiger partial charge < -0.3 is 9.72 Å². The number of nitrogens with zero attached hydrogens (tertiary/aromatic N) is 1. The lowest BCUT2D eigenvalue weighted by molar-refractivity contribution is 0.180. The lowest BCUT2D eigenvalue weighted by Gasteiger charge is -2.25. The molecule has 29 heavy (non-hydrogen) atoms. The number of H-pyrrole nitrogens is 1. The molecule has 0 radical (unpaired) electrons. The lowest BCUT2D eigenvalue weighted by atomic mass is 9.86. The molecule has 0 bridgehead atoms. The molecule has 4 rings (SSSR count). The number of fused-ring (bicyclic) bond motifs is 1. The second kappa shape index (κ2) is 9.04. The van der Waals surface area contributed by atoms with Gasteiger partial charge in [0.25, 0.3) is 5.56 Å². The first-order valence-corrected chi connectivity index (χ1v) is 12.4. The number of aromatic amines is 1. The number of aromatic nitrogens is 2. The summed E-state index contributed by atoms with van der Waals surface area (Å²) in [5, 5.41) is 0.159. The van der Waals surface area contributed by atoms with Crippen LogP contribution in [-0.4, -0.2) is 41.7 Å². The molecule has 1 aliphatic carbocycles. The number of nitrogens with one attached hydrogen (secondary N) is 1. The summed E-state index contributed by atoms with van der Waals surface area (Å²) in [6.07, 6.45) is 4.71. The Morgan fingerprint density at radius 3 is 2.59 bits per heavy atom. The highest BCUT2D eigenvalue weighted by Gasteiger charge is 2.24. The van der Waals surface area contributed by atoms with Crippen molar-refractivity contribution in [3.63, 3.8) is 0 Å². The van der Waals surface area contributed by atoms with E-state index < -0.39 is 21.2 Å². The molecular formula is C20H27FN2O4S2. The van der Waals surface area contributed by atoms with Crippen LogP contribution in [0, 0.1) is 11.7 Å². The molecule has 1 N–H and O–H groups in total. The minimum atomic E-state index is -2.90. The van der Waals surface area contributed by atoms with E-state index in [1.54, 1.807) is 17.8 Å². The van der Waals surface area contributed by atoms with Gasteiger partial charge in [-0.2, -0.15) is 11.8 Å². The van der Waals surface area contributed by atoms with Gasteiger partial charge in [0.1, 0.15) is 32.6 Å². The molecule has 2 aliphatic rings. The van der Waals surface area contributed by atoms with Crippen LogP contribution in [0.25, 0.3) is 10.9 Å². The highest BCUT2D eigenvalue weighted by atomic mass is 32.2. The average molecular weight is 443 g/mol. The fourth-order valence-corrected chi connectivity index (χ4v) is 6.39. The Bertz CT molecular complexity index is 1020. The smallest absolute Gasteiger partial charge is 0.261 e. The number of halogens is 1. The van der Waals surface area contributed by atoms with Crippen molar-refractivity contribution >= 4 is 32.5 Å². The Kier molecular flexibility index (Phi) is 6.88. The van der Waals surface area contributed by atoms with E-state index in [1.165, 1.54) is 12.5 Å². The molecule has 0 spiro atoms. The zero-order valence-corrected chi connectivity index (χ0v) is 17.1. The summed E-state index contributed by atoms with van der Waals surface area (Å²) < 4.78 is 43.2. The molecule has 0 atom stereocenters. The van der Waals surface area contributed by atoms with Crippen molar-refractivity contribution in [2.24, 2.45) is 5.92 Å². The third kappa shape index (κ3) is 5.31. The van der Waals surface area contributed by atoms with Crippen molar-refractivity contribution in [3.05, 3.63) is 34.1 Å². The van der Waals surface area contributed by atoms with Crippen molar-refractivity contribution in [2.75, 3.05) is 18.1 Å². The molecule has 0 unspecified atom stereocenters. The van der Waals surface area contributed by atoms with Crippen molar-refractivity contribution in [1.82, 2.24) is 9.97 Å². The van der Waals surface area contributed by atoms with Gasteiger partial charge >= 0.3 is 0 Å². The Balaban J connectivity index is 0.00000240. The summed E-state index contributed by atoms with van der Waals surface area (Å²) >= 11 is 1.58. The van der Waals surface area contributed by atoms with Gasteiger partial charge in [0.2, 0.25) is 0 Å². The first kappa shape index (κ1) is 22.1. The summed E-state index contributed by atoms with van der Waals surface area (Å²) in [6.45, 7) is 0.557. The van der Waals surface area contributed by atoms with Gasteiger partial charge in [-0.05, 0) is 31.6 Å². The molecule has 2 aromatic rings. The maximum atomic E-state index is 14.4. The van der Waals surface area contributed by atoms with Crippen LogP contribution in [0.15, 0.2) is 16.9 Å². The maximum absolute atomic E-state index is 14.4. The normalized spacial score (nSPS) is 19.5. The first-order valence-electron chi connectivity index (χ1n) is 9.57. The number of ether oxygens (including phenoxy) is 1. The Labute approximate surface area is 174 Å². The third-order valence-electron chi connectivity index (χ3n) is 5.45. The second-order valence-electron chi connectivity index (χ2n) is 7.58. The number of rotatable bonds is 6. The summed E-state index contributed by atoms with van der Waals surface area (Å²) in [5.41, 5.74) is -0.218. The third-order valence-corrected chi connectivity index (χ3v) is 8.55. The molecule has 6 nitrogen and oxygen atoms in total. The number of hydrogen-bond donors (Lipinski definition) is 1. The van der Waals surface area contributed by atoms with Crippen LogP contribution in [-0.2, 0) is 15.6 Å². The molecular weight excluding hydrogens is 415 g/mol. The van der Waals surface area contributed by atoms with E-state index in [2.05, 4.69) is 9.97 Å². The van der Waals surface area contributed by atoms with E-state index in [0.717, 1.165) is 12.8 Å². The number of thioether (sulfide) groups is 1. The molecule has 2 fully saturated rings. The summed E-state index contributed by atoms with van der Waals surface area (Å²) in [7, 11) is -2.90. The quantitative estimate of drug-likeness (QED) is 0.734. The van der Waals surface area contributed by atoms with Crippen LogP contribution < -0.4 is 10.3 Å². The predicted molar refractivity (Wildman–Crippen MR) is 115 cm³/mol. The Hall–Kier alpha value is -1.61. The van der Waals surface area contributed by atoms with Gasteiger partial charge in [-0.3, -0.25) is 4.79 Å². The molecule has 1 saturated carbocycles. The number of sulfone groups is 1. The molecule has 1 aliphatic heterocycles. The number of benzene rings is 1. The van der Waals surface area contributed by atoms with Crippen LogP contribution >= 0.6 is 11.8 Å². The van der Waals surface area contributed by atoms with Crippen molar-refractivity contribution < 1.29 is 17.5 Å². The second-order valence-corrected chi connectivity index (χ2v) is 11.2. The average Bonchev–Trinajstić information content (AvgIpc) is 2.59. The summed E-state index contributed by atoms with van der Waals surface area (Å²) in [5.74, 6) is 1.62. The molecule has 2 heterocycles. The van der Waals surface area contributed by atoms with E-state index in [9.17, 15) is 17.6 Å². The van der Waals surface area contributed by atoms with Gasteiger partial charge in [-0.1, -0.05) is 13.8 Å². The molecule has 0 amide bonds.